The Labute approximate surface area is 193 Å². The molecule has 1 N–H and O–H groups in total. The van der Waals surface area contributed by atoms with Crippen LogP contribution in [0.4, 0.5) is 0 Å². The van der Waals surface area contributed by atoms with Gasteiger partial charge in [0.25, 0.3) is 5.56 Å². The number of nitrogens with zero attached hydrogens (tertiary/aromatic N) is 4. The minimum Gasteiger partial charge on any atom is -0.308 e. The van der Waals surface area contributed by atoms with Crippen LogP contribution >= 0.6 is 0 Å². The summed E-state index contributed by atoms with van der Waals surface area (Å²) in [5.74, 6) is 0.296. The molecule has 1 aliphatic heterocycles. The number of carbonyl (C=O) groups is 1. The van der Waals surface area contributed by atoms with E-state index in [-0.39, 0.29) is 5.56 Å². The lowest BCUT2D eigenvalue weighted by atomic mass is 9.95. The number of fused-ring (bicyclic) bond motifs is 2. The molecule has 0 unspecified atom stereocenters. The average molecular weight is 446 g/mol. The van der Waals surface area contributed by atoms with Crippen molar-refractivity contribution >= 4 is 16.8 Å². The number of likely N-dealkylation sites (tertiary alicyclic amines) is 1. The Kier molecular flexibility index (Phi) is 6.33. The third-order valence-electron chi connectivity index (χ3n) is 6.94. The third-order valence-corrected chi connectivity index (χ3v) is 6.94. The highest BCUT2D eigenvalue weighted by atomic mass is 16.1. The van der Waals surface area contributed by atoms with Gasteiger partial charge in [-0.1, -0.05) is 6.07 Å². The van der Waals surface area contributed by atoms with Gasteiger partial charge in [0.1, 0.15) is 5.78 Å². The number of rotatable bonds is 6. The predicted octanol–water partition coefficient (Wildman–Crippen LogP) is 2.41. The first-order chi connectivity index (χ1) is 16.0. The van der Waals surface area contributed by atoms with Crippen molar-refractivity contribution in [2.75, 3.05) is 19.6 Å². The van der Waals surface area contributed by atoms with E-state index in [0.29, 0.717) is 31.2 Å². The van der Waals surface area contributed by atoms with Crippen LogP contribution in [0, 0.1) is 6.92 Å². The van der Waals surface area contributed by atoms with Gasteiger partial charge in [0.15, 0.2) is 0 Å². The van der Waals surface area contributed by atoms with E-state index in [2.05, 4.69) is 27.3 Å². The van der Waals surface area contributed by atoms with Gasteiger partial charge in [-0.2, -0.15) is 0 Å². The van der Waals surface area contributed by atoms with E-state index in [1.54, 1.807) is 12.1 Å². The van der Waals surface area contributed by atoms with E-state index in [4.69, 9.17) is 4.98 Å². The van der Waals surface area contributed by atoms with Gasteiger partial charge in [0.05, 0.1) is 22.4 Å². The summed E-state index contributed by atoms with van der Waals surface area (Å²) in [6.45, 7) is 6.31. The van der Waals surface area contributed by atoms with Gasteiger partial charge < -0.3 is 14.8 Å². The van der Waals surface area contributed by atoms with Crippen LogP contribution < -0.4 is 10.9 Å². The van der Waals surface area contributed by atoms with Crippen molar-refractivity contribution in [1.29, 1.82) is 0 Å². The minimum atomic E-state index is 0.0331. The lowest BCUT2D eigenvalue weighted by Crippen LogP contribution is -2.43. The predicted molar refractivity (Wildman–Crippen MR) is 128 cm³/mol. The van der Waals surface area contributed by atoms with Crippen LogP contribution in [0.15, 0.2) is 41.3 Å². The highest BCUT2D eigenvalue weighted by molar-refractivity contribution is 5.82. The van der Waals surface area contributed by atoms with E-state index in [1.807, 2.05) is 23.8 Å². The summed E-state index contributed by atoms with van der Waals surface area (Å²) >= 11 is 0. The molecule has 2 aliphatic rings. The fourth-order valence-corrected chi connectivity index (χ4v) is 4.95. The summed E-state index contributed by atoms with van der Waals surface area (Å²) in [5.41, 5.74) is 6.09. The number of pyridine rings is 3. The number of ketones is 1. The van der Waals surface area contributed by atoms with E-state index < -0.39 is 0 Å². The number of hydrogen-bond acceptors (Lipinski definition) is 6. The molecule has 3 aromatic rings. The highest BCUT2D eigenvalue weighted by Gasteiger charge is 2.20. The van der Waals surface area contributed by atoms with Crippen molar-refractivity contribution in [1.82, 2.24) is 24.8 Å². The van der Waals surface area contributed by atoms with E-state index >= 15 is 0 Å². The summed E-state index contributed by atoms with van der Waals surface area (Å²) in [7, 11) is 0. The van der Waals surface area contributed by atoms with Crippen LogP contribution in [0.5, 0.6) is 0 Å². The molecule has 1 saturated heterocycles. The Morgan fingerprint density at radius 2 is 1.91 bits per heavy atom. The first-order valence-electron chi connectivity index (χ1n) is 12.0. The molecule has 5 rings (SSSR count). The summed E-state index contributed by atoms with van der Waals surface area (Å²) in [6, 6.07) is 10.2. The van der Waals surface area contributed by atoms with Gasteiger partial charge in [-0.25, -0.2) is 0 Å². The van der Waals surface area contributed by atoms with Crippen LogP contribution in [-0.2, 0) is 30.7 Å². The average Bonchev–Trinajstić information content (AvgIpc) is 2.82. The Bertz CT molecular complexity index is 1230. The van der Waals surface area contributed by atoms with Crippen LogP contribution in [0.2, 0.25) is 0 Å². The molecule has 0 bridgehead atoms. The van der Waals surface area contributed by atoms with Gasteiger partial charge >= 0.3 is 0 Å². The number of aryl methyl sites for hydroxylation is 2. The molecule has 3 aromatic heterocycles. The molecule has 7 nitrogen and oxygen atoms in total. The number of hydrogen-bond donors (Lipinski definition) is 1. The molecule has 33 heavy (non-hydrogen) atoms. The number of carbonyl (C=O) groups excluding carboxylic acids is 1. The van der Waals surface area contributed by atoms with Crippen molar-refractivity contribution in [2.24, 2.45) is 0 Å². The van der Waals surface area contributed by atoms with Crippen molar-refractivity contribution in [2.45, 2.75) is 58.2 Å². The van der Waals surface area contributed by atoms with Crippen molar-refractivity contribution in [3.8, 4) is 0 Å². The molecule has 1 aliphatic carbocycles. The molecule has 7 heteroatoms. The topological polar surface area (TPSA) is 80.1 Å². The molecular formula is C26H31N5O2. The van der Waals surface area contributed by atoms with Gasteiger partial charge in [0.2, 0.25) is 0 Å². The Hall–Kier alpha value is -2.90. The van der Waals surface area contributed by atoms with Crippen molar-refractivity contribution in [3.63, 3.8) is 0 Å². The molecule has 0 aromatic carbocycles. The standard InChI is InChI=1S/C26H31N5O2/c1-18-14-25-23(28-16-18)6-7-26(33)31(25)13-12-30-10-8-20(9-11-30)27-17-21-4-2-19-3-5-22(32)15-24(19)29-21/h2,4,6-7,14,16,20,27H,3,5,8-13,15,17H2,1H3. The zero-order chi connectivity index (χ0) is 22.8. The van der Waals surface area contributed by atoms with E-state index in [9.17, 15) is 9.59 Å². The molecule has 0 spiro atoms. The SMILES string of the molecule is Cc1cnc2ccc(=O)n(CCN3CCC(NCc4ccc5c(n4)CC(=O)CC5)CC3)c2c1. The fraction of sp³-hybridized carbons (Fsp3) is 0.462. The molecule has 0 saturated carbocycles. The second-order valence-electron chi connectivity index (χ2n) is 9.36. The summed E-state index contributed by atoms with van der Waals surface area (Å²) < 4.78 is 1.85. The van der Waals surface area contributed by atoms with E-state index in [1.165, 1.54) is 5.56 Å². The fourth-order valence-electron chi connectivity index (χ4n) is 4.95. The van der Waals surface area contributed by atoms with Crippen LogP contribution in [0.25, 0.3) is 11.0 Å². The van der Waals surface area contributed by atoms with E-state index in [0.717, 1.165) is 73.4 Å². The monoisotopic (exact) mass is 445 g/mol. The van der Waals surface area contributed by atoms with Crippen LogP contribution in [0.1, 0.15) is 41.8 Å². The second-order valence-corrected chi connectivity index (χ2v) is 9.36. The summed E-state index contributed by atoms with van der Waals surface area (Å²) in [6.07, 6.45) is 5.96. The molecule has 0 radical (unpaired) electrons. The maximum Gasteiger partial charge on any atom is 0.251 e. The number of Topliss-reactive ketones (excluding diaryl/α,β-unsaturated/α-hetero) is 1. The molecule has 0 amide bonds. The van der Waals surface area contributed by atoms with Gasteiger partial charge in [-0.15, -0.1) is 0 Å². The first kappa shape index (κ1) is 21.9. The lowest BCUT2D eigenvalue weighted by Gasteiger charge is -2.32. The molecule has 0 atom stereocenters. The largest absolute Gasteiger partial charge is 0.308 e. The maximum absolute atomic E-state index is 12.5. The number of aromatic nitrogens is 3. The Morgan fingerprint density at radius 1 is 1.06 bits per heavy atom. The second kappa shape index (κ2) is 9.53. The Balaban J connectivity index is 1.13. The van der Waals surface area contributed by atoms with Gasteiger partial charge in [-0.3, -0.25) is 19.6 Å². The smallest absolute Gasteiger partial charge is 0.251 e. The van der Waals surface area contributed by atoms with Gasteiger partial charge in [0, 0.05) is 50.8 Å². The minimum absolute atomic E-state index is 0.0331. The zero-order valence-electron chi connectivity index (χ0n) is 19.2. The molecular weight excluding hydrogens is 414 g/mol. The number of nitrogens with one attached hydrogen (secondary N) is 1. The summed E-state index contributed by atoms with van der Waals surface area (Å²) in [5, 5.41) is 3.65. The zero-order valence-corrected chi connectivity index (χ0v) is 19.2. The quantitative estimate of drug-likeness (QED) is 0.628. The van der Waals surface area contributed by atoms with Crippen LogP contribution in [-0.4, -0.2) is 50.9 Å². The number of piperidine rings is 1. The summed E-state index contributed by atoms with van der Waals surface area (Å²) in [4.78, 5) is 35.8. The van der Waals surface area contributed by atoms with Crippen LogP contribution in [0.3, 0.4) is 0 Å². The lowest BCUT2D eigenvalue weighted by molar-refractivity contribution is -0.118. The third kappa shape index (κ3) is 5.04. The highest BCUT2D eigenvalue weighted by Crippen LogP contribution is 2.18. The molecule has 4 heterocycles. The molecule has 1 fully saturated rings. The Morgan fingerprint density at radius 3 is 2.76 bits per heavy atom. The first-order valence-corrected chi connectivity index (χ1v) is 12.0. The van der Waals surface area contributed by atoms with Gasteiger partial charge in [-0.05, 0) is 68.6 Å². The molecule has 172 valence electrons. The van der Waals surface area contributed by atoms with Crippen molar-refractivity contribution < 1.29 is 4.79 Å². The normalized spacial score (nSPS) is 17.4. The maximum atomic E-state index is 12.5. The van der Waals surface area contributed by atoms with Crippen molar-refractivity contribution in [3.05, 3.63) is 69.4 Å².